The lowest BCUT2D eigenvalue weighted by molar-refractivity contribution is -0.117. The average Bonchev–Trinajstić information content (AvgIpc) is 3.27. The average molecular weight is 366 g/mol. The second kappa shape index (κ2) is 6.21. The molecule has 5 rings (SSSR count). The molecular weight excluding hydrogens is 344 g/mol. The van der Waals surface area contributed by atoms with Crippen LogP contribution in [-0.2, 0) is 11.2 Å². The zero-order valence-electron chi connectivity index (χ0n) is 14.7. The van der Waals surface area contributed by atoms with Crippen molar-refractivity contribution in [1.29, 1.82) is 0 Å². The van der Waals surface area contributed by atoms with Crippen molar-refractivity contribution >= 4 is 33.3 Å². The van der Waals surface area contributed by atoms with E-state index in [9.17, 15) is 4.79 Å². The molecule has 0 bridgehead atoms. The van der Waals surface area contributed by atoms with Crippen LogP contribution >= 0.6 is 11.3 Å². The number of fused-ring (bicyclic) bond motifs is 2. The van der Waals surface area contributed by atoms with Crippen molar-refractivity contribution in [3.05, 3.63) is 47.1 Å². The molecule has 1 aliphatic carbocycles. The molecule has 3 aromatic rings. The molecule has 0 saturated carbocycles. The molecule has 3 heterocycles. The molecule has 26 heavy (non-hydrogen) atoms. The number of piperidine rings is 1. The maximum atomic E-state index is 12.4. The van der Waals surface area contributed by atoms with E-state index in [1.165, 1.54) is 33.4 Å². The van der Waals surface area contributed by atoms with Crippen LogP contribution in [0.2, 0.25) is 0 Å². The lowest BCUT2D eigenvalue weighted by atomic mass is 9.72. The molecule has 6 heteroatoms. The molecular formula is C20H22N4OS. The van der Waals surface area contributed by atoms with Crippen molar-refractivity contribution in [2.24, 2.45) is 5.92 Å². The third-order valence-corrected chi connectivity index (χ3v) is 6.65. The normalized spacial score (nSPS) is 25.2. The van der Waals surface area contributed by atoms with E-state index in [1.807, 2.05) is 5.38 Å². The molecule has 3 atom stereocenters. The summed E-state index contributed by atoms with van der Waals surface area (Å²) in [6.45, 7) is 0.974. The standard InChI is InChI=1S/C20H22N4OS/c1-24-11-12(8-18(25)23-20-21-5-6-26-20)7-15-14-3-2-4-16-19(14)13(10-22-16)9-17(15)24/h2-6,10,12,15,17,22H,7-9,11H2,1H3,(H,21,23,25)/t12-,15?,17+/m0/s1. The van der Waals surface area contributed by atoms with Gasteiger partial charge in [-0.3, -0.25) is 4.79 Å². The molecule has 1 amide bonds. The lowest BCUT2D eigenvalue weighted by Crippen LogP contribution is -2.48. The van der Waals surface area contributed by atoms with Crippen molar-refractivity contribution in [3.63, 3.8) is 0 Å². The number of rotatable bonds is 3. The minimum atomic E-state index is 0.0770. The molecule has 1 fully saturated rings. The van der Waals surface area contributed by atoms with Crippen LogP contribution in [0.1, 0.15) is 29.9 Å². The molecule has 1 aliphatic heterocycles. The Morgan fingerprint density at radius 3 is 3.23 bits per heavy atom. The zero-order chi connectivity index (χ0) is 17.7. The predicted octanol–water partition coefficient (Wildman–Crippen LogP) is 3.61. The molecule has 134 valence electrons. The monoisotopic (exact) mass is 366 g/mol. The van der Waals surface area contributed by atoms with Gasteiger partial charge in [0.15, 0.2) is 5.13 Å². The number of carbonyl (C=O) groups excluding carboxylic acids is 1. The number of nitrogens with one attached hydrogen (secondary N) is 2. The van der Waals surface area contributed by atoms with Gasteiger partial charge in [0.25, 0.3) is 0 Å². The highest BCUT2D eigenvalue weighted by atomic mass is 32.1. The number of likely N-dealkylation sites (tertiary alicyclic amines) is 1. The summed E-state index contributed by atoms with van der Waals surface area (Å²) in [5.74, 6) is 0.948. The number of hydrogen-bond donors (Lipinski definition) is 2. The number of likely N-dealkylation sites (N-methyl/N-ethyl adjacent to an activating group) is 1. The SMILES string of the molecule is CN1C[C@H](CC(=O)Nc2nccs2)CC2c3cccc4[nH]cc(c34)C[C@H]21. The smallest absolute Gasteiger partial charge is 0.226 e. The summed E-state index contributed by atoms with van der Waals surface area (Å²) in [5, 5.41) is 6.92. The summed E-state index contributed by atoms with van der Waals surface area (Å²) in [4.78, 5) is 22.5. The lowest BCUT2D eigenvalue weighted by Gasteiger charge is -2.45. The van der Waals surface area contributed by atoms with Crippen molar-refractivity contribution in [1.82, 2.24) is 14.9 Å². The molecule has 2 aromatic heterocycles. The fourth-order valence-corrected chi connectivity index (χ4v) is 5.46. The summed E-state index contributed by atoms with van der Waals surface area (Å²) in [6.07, 6.45) is 6.62. The first-order chi connectivity index (χ1) is 12.7. The maximum absolute atomic E-state index is 12.4. The van der Waals surface area contributed by atoms with E-state index in [2.05, 4.69) is 51.6 Å². The Bertz CT molecular complexity index is 948. The van der Waals surface area contributed by atoms with E-state index in [-0.39, 0.29) is 5.91 Å². The minimum absolute atomic E-state index is 0.0770. The third kappa shape index (κ3) is 2.64. The number of aromatic amines is 1. The number of aromatic nitrogens is 2. The molecule has 2 N–H and O–H groups in total. The first-order valence-electron chi connectivity index (χ1n) is 9.17. The van der Waals surface area contributed by atoms with Crippen molar-refractivity contribution < 1.29 is 4.79 Å². The fraction of sp³-hybridized carbons (Fsp3) is 0.400. The van der Waals surface area contributed by atoms with Crippen LogP contribution in [0.3, 0.4) is 0 Å². The van der Waals surface area contributed by atoms with E-state index in [0.717, 1.165) is 19.4 Å². The number of nitrogens with zero attached hydrogens (tertiary/aromatic N) is 2. The van der Waals surface area contributed by atoms with Gasteiger partial charge in [0.2, 0.25) is 5.91 Å². The Morgan fingerprint density at radius 1 is 1.46 bits per heavy atom. The molecule has 5 nitrogen and oxygen atoms in total. The second-order valence-electron chi connectivity index (χ2n) is 7.59. The van der Waals surface area contributed by atoms with Crippen LogP contribution in [0.25, 0.3) is 10.9 Å². The van der Waals surface area contributed by atoms with Gasteiger partial charge in [0.1, 0.15) is 0 Å². The summed E-state index contributed by atoms with van der Waals surface area (Å²) in [5.41, 5.74) is 4.12. The minimum Gasteiger partial charge on any atom is -0.361 e. The number of amides is 1. The first-order valence-corrected chi connectivity index (χ1v) is 10.1. The van der Waals surface area contributed by atoms with Gasteiger partial charge in [0.05, 0.1) is 0 Å². The van der Waals surface area contributed by atoms with Gasteiger partial charge in [-0.25, -0.2) is 4.98 Å². The van der Waals surface area contributed by atoms with E-state index in [1.54, 1.807) is 6.20 Å². The Kier molecular flexibility index (Phi) is 3.83. The van der Waals surface area contributed by atoms with Crippen LogP contribution in [0, 0.1) is 5.92 Å². The van der Waals surface area contributed by atoms with Crippen LogP contribution < -0.4 is 5.32 Å². The highest BCUT2D eigenvalue weighted by molar-refractivity contribution is 7.13. The van der Waals surface area contributed by atoms with Crippen LogP contribution in [0.5, 0.6) is 0 Å². The van der Waals surface area contributed by atoms with E-state index in [4.69, 9.17) is 0 Å². The van der Waals surface area contributed by atoms with E-state index in [0.29, 0.717) is 29.4 Å². The predicted molar refractivity (Wildman–Crippen MR) is 105 cm³/mol. The van der Waals surface area contributed by atoms with Gasteiger partial charge in [-0.05, 0) is 43.0 Å². The Balaban J connectivity index is 1.38. The molecule has 1 unspecified atom stereocenters. The second-order valence-corrected chi connectivity index (χ2v) is 8.49. The van der Waals surface area contributed by atoms with Gasteiger partial charge < -0.3 is 15.2 Å². The van der Waals surface area contributed by atoms with Crippen molar-refractivity contribution in [3.8, 4) is 0 Å². The van der Waals surface area contributed by atoms with Gasteiger partial charge in [-0.15, -0.1) is 11.3 Å². The molecule has 1 aromatic carbocycles. The van der Waals surface area contributed by atoms with Gasteiger partial charge in [0, 0.05) is 53.6 Å². The molecule has 2 aliphatic rings. The number of hydrogen-bond acceptors (Lipinski definition) is 4. The van der Waals surface area contributed by atoms with Gasteiger partial charge >= 0.3 is 0 Å². The van der Waals surface area contributed by atoms with Crippen molar-refractivity contribution in [2.45, 2.75) is 31.2 Å². The maximum Gasteiger partial charge on any atom is 0.226 e. The Morgan fingerprint density at radius 2 is 2.38 bits per heavy atom. The molecule has 0 radical (unpaired) electrons. The Hall–Kier alpha value is -2.18. The highest BCUT2D eigenvalue weighted by Gasteiger charge is 2.39. The van der Waals surface area contributed by atoms with Gasteiger partial charge in [-0.2, -0.15) is 0 Å². The Labute approximate surface area is 156 Å². The van der Waals surface area contributed by atoms with Crippen LogP contribution in [0.15, 0.2) is 36.0 Å². The number of thiazole rings is 1. The van der Waals surface area contributed by atoms with Crippen LogP contribution in [0.4, 0.5) is 5.13 Å². The largest absolute Gasteiger partial charge is 0.361 e. The molecule has 1 saturated heterocycles. The fourth-order valence-electron chi connectivity index (χ4n) is 4.92. The topological polar surface area (TPSA) is 61.0 Å². The number of benzene rings is 1. The number of carbonyl (C=O) groups is 1. The summed E-state index contributed by atoms with van der Waals surface area (Å²) >= 11 is 1.46. The van der Waals surface area contributed by atoms with E-state index >= 15 is 0 Å². The first kappa shape index (κ1) is 16.0. The number of anilines is 1. The quantitative estimate of drug-likeness (QED) is 0.744. The van der Waals surface area contributed by atoms with Crippen LogP contribution in [-0.4, -0.2) is 40.4 Å². The van der Waals surface area contributed by atoms with E-state index < -0.39 is 0 Å². The summed E-state index contributed by atoms with van der Waals surface area (Å²) < 4.78 is 0. The van der Waals surface area contributed by atoms with Crippen molar-refractivity contribution in [2.75, 3.05) is 18.9 Å². The number of H-pyrrole nitrogens is 1. The molecule has 0 spiro atoms. The highest BCUT2D eigenvalue weighted by Crippen LogP contribution is 2.44. The summed E-state index contributed by atoms with van der Waals surface area (Å²) in [7, 11) is 2.21. The zero-order valence-corrected chi connectivity index (χ0v) is 15.6. The third-order valence-electron chi connectivity index (χ3n) is 5.97. The summed E-state index contributed by atoms with van der Waals surface area (Å²) in [6, 6.07) is 7.12. The van der Waals surface area contributed by atoms with Gasteiger partial charge in [-0.1, -0.05) is 12.1 Å².